The van der Waals surface area contributed by atoms with E-state index in [1.54, 1.807) is 0 Å². The van der Waals surface area contributed by atoms with Crippen molar-refractivity contribution < 1.29 is 0 Å². The van der Waals surface area contributed by atoms with Gasteiger partial charge in [-0.3, -0.25) is 4.68 Å². The fraction of sp³-hybridized carbons (Fsp3) is 0.438. The predicted molar refractivity (Wildman–Crippen MR) is 81.8 cm³/mol. The van der Waals surface area contributed by atoms with Crippen molar-refractivity contribution >= 4 is 5.69 Å². The Labute approximate surface area is 120 Å². The molecule has 106 valence electrons. The average molecular weight is 270 g/mol. The van der Waals surface area contributed by atoms with Gasteiger partial charge in [0.2, 0.25) is 0 Å². The van der Waals surface area contributed by atoms with Gasteiger partial charge >= 0.3 is 0 Å². The van der Waals surface area contributed by atoms with Crippen LogP contribution in [0.1, 0.15) is 23.9 Å². The molecule has 4 heteroatoms. The Morgan fingerprint density at radius 2 is 2.15 bits per heavy atom. The minimum atomic E-state index is 0.212. The zero-order valence-corrected chi connectivity index (χ0v) is 12.2. The van der Waals surface area contributed by atoms with E-state index in [9.17, 15) is 0 Å². The van der Waals surface area contributed by atoms with E-state index in [0.29, 0.717) is 0 Å². The summed E-state index contributed by atoms with van der Waals surface area (Å²) in [5.74, 6) is 0. The second-order valence-corrected chi connectivity index (χ2v) is 5.57. The molecular formula is C16H22N4. The molecule has 2 N–H and O–H groups in total. The Morgan fingerprint density at radius 1 is 1.35 bits per heavy atom. The molecule has 1 unspecified atom stereocenters. The molecular weight excluding hydrogens is 248 g/mol. The number of fused-ring (bicyclic) bond motifs is 1. The van der Waals surface area contributed by atoms with Gasteiger partial charge in [-0.25, -0.2) is 0 Å². The number of para-hydroxylation sites is 1. The Kier molecular flexibility index (Phi) is 3.49. The van der Waals surface area contributed by atoms with Crippen LogP contribution in [0.15, 0.2) is 30.3 Å². The molecule has 0 amide bonds. The number of nitrogens with zero attached hydrogens (tertiary/aromatic N) is 3. The summed E-state index contributed by atoms with van der Waals surface area (Å²) in [5.41, 5.74) is 11.2. The van der Waals surface area contributed by atoms with Gasteiger partial charge in [0.05, 0.1) is 17.9 Å². The smallest absolute Gasteiger partial charge is 0.0599 e. The van der Waals surface area contributed by atoms with Crippen molar-refractivity contribution in [2.45, 2.75) is 39.4 Å². The molecule has 1 atom stereocenters. The monoisotopic (exact) mass is 270 g/mol. The lowest BCUT2D eigenvalue weighted by atomic mass is 9.98. The molecule has 0 spiro atoms. The molecule has 3 rings (SSSR count). The summed E-state index contributed by atoms with van der Waals surface area (Å²) in [7, 11) is 0. The summed E-state index contributed by atoms with van der Waals surface area (Å²) in [6.07, 6.45) is 0.971. The van der Waals surface area contributed by atoms with Gasteiger partial charge in [-0.1, -0.05) is 18.2 Å². The molecule has 0 fully saturated rings. The van der Waals surface area contributed by atoms with Crippen LogP contribution in [-0.4, -0.2) is 22.4 Å². The van der Waals surface area contributed by atoms with E-state index >= 15 is 0 Å². The predicted octanol–water partition coefficient (Wildman–Crippen LogP) is 2.10. The lowest BCUT2D eigenvalue weighted by Crippen LogP contribution is -2.43. The molecule has 4 nitrogen and oxygen atoms in total. The molecule has 0 aliphatic carbocycles. The number of hydrogen-bond acceptors (Lipinski definition) is 3. The summed E-state index contributed by atoms with van der Waals surface area (Å²) in [4.78, 5) is 2.38. The molecule has 20 heavy (non-hydrogen) atoms. The van der Waals surface area contributed by atoms with Gasteiger partial charge in [0.1, 0.15) is 0 Å². The van der Waals surface area contributed by atoms with Crippen LogP contribution in [-0.2, 0) is 19.5 Å². The van der Waals surface area contributed by atoms with Gasteiger partial charge in [0, 0.05) is 24.8 Å². The first-order valence-corrected chi connectivity index (χ1v) is 7.29. The Morgan fingerprint density at radius 3 is 2.95 bits per heavy atom. The van der Waals surface area contributed by atoms with E-state index < -0.39 is 0 Å². The van der Waals surface area contributed by atoms with Crippen LogP contribution < -0.4 is 10.6 Å². The number of nitrogens with two attached hydrogens (primary N) is 1. The number of anilines is 1. The number of aryl methyl sites for hydroxylation is 2. The van der Waals surface area contributed by atoms with Crippen molar-refractivity contribution in [2.75, 3.05) is 11.4 Å². The van der Waals surface area contributed by atoms with Gasteiger partial charge in [-0.05, 0) is 38.0 Å². The van der Waals surface area contributed by atoms with Crippen LogP contribution in [0.2, 0.25) is 0 Å². The van der Waals surface area contributed by atoms with Crippen LogP contribution in [0.5, 0.6) is 0 Å². The number of hydrogen-bond donors (Lipinski definition) is 1. The molecule has 2 heterocycles. The lowest BCUT2D eigenvalue weighted by molar-refractivity contribution is 0.566. The molecule has 1 aromatic heterocycles. The third-order valence-electron chi connectivity index (χ3n) is 3.91. The van der Waals surface area contributed by atoms with E-state index in [2.05, 4.69) is 51.9 Å². The first-order chi connectivity index (χ1) is 9.67. The molecule has 0 radical (unpaired) electrons. The highest BCUT2D eigenvalue weighted by molar-refractivity contribution is 5.56. The van der Waals surface area contributed by atoms with E-state index in [4.69, 9.17) is 5.73 Å². The fourth-order valence-electron chi connectivity index (χ4n) is 3.07. The van der Waals surface area contributed by atoms with E-state index in [1.165, 1.54) is 16.9 Å². The first-order valence-electron chi connectivity index (χ1n) is 7.29. The lowest BCUT2D eigenvalue weighted by Gasteiger charge is -2.34. The van der Waals surface area contributed by atoms with Gasteiger partial charge in [0.15, 0.2) is 0 Å². The maximum absolute atomic E-state index is 6.21. The quantitative estimate of drug-likeness (QED) is 0.929. The third-order valence-corrected chi connectivity index (χ3v) is 3.91. The second-order valence-electron chi connectivity index (χ2n) is 5.57. The van der Waals surface area contributed by atoms with Crippen LogP contribution in [0.3, 0.4) is 0 Å². The molecule has 0 bridgehead atoms. The highest BCUT2D eigenvalue weighted by Crippen LogP contribution is 2.27. The summed E-state index contributed by atoms with van der Waals surface area (Å²) in [6.45, 7) is 6.87. The van der Waals surface area contributed by atoms with Gasteiger partial charge in [-0.15, -0.1) is 0 Å². The van der Waals surface area contributed by atoms with Crippen LogP contribution in [0, 0.1) is 6.92 Å². The molecule has 2 aromatic rings. The maximum Gasteiger partial charge on any atom is 0.0599 e. The minimum absolute atomic E-state index is 0.212. The largest absolute Gasteiger partial charge is 0.364 e. The van der Waals surface area contributed by atoms with Crippen molar-refractivity contribution in [3.05, 3.63) is 47.3 Å². The van der Waals surface area contributed by atoms with Crippen molar-refractivity contribution in [1.82, 2.24) is 9.78 Å². The summed E-state index contributed by atoms with van der Waals surface area (Å²) in [6, 6.07) is 11.0. The van der Waals surface area contributed by atoms with E-state index in [0.717, 1.165) is 31.7 Å². The van der Waals surface area contributed by atoms with Crippen LogP contribution in [0.4, 0.5) is 5.69 Å². The van der Waals surface area contributed by atoms with Gasteiger partial charge in [-0.2, -0.15) is 5.10 Å². The third kappa shape index (κ3) is 2.43. The van der Waals surface area contributed by atoms with Crippen LogP contribution in [0.25, 0.3) is 0 Å². The second kappa shape index (κ2) is 5.29. The van der Waals surface area contributed by atoms with Crippen molar-refractivity contribution in [3.63, 3.8) is 0 Å². The molecule has 0 saturated carbocycles. The molecule has 1 aromatic carbocycles. The van der Waals surface area contributed by atoms with Crippen molar-refractivity contribution in [1.29, 1.82) is 0 Å². The topological polar surface area (TPSA) is 47.1 Å². The van der Waals surface area contributed by atoms with E-state index in [1.807, 2.05) is 6.92 Å². The standard InChI is InChI=1S/C16H22N4/c1-3-20-15(8-12(2)18-20)11-19-10-14(17)9-13-6-4-5-7-16(13)19/h4-8,14H,3,9-11,17H2,1-2H3. The summed E-state index contributed by atoms with van der Waals surface area (Å²) in [5, 5.41) is 4.53. The van der Waals surface area contributed by atoms with E-state index in [-0.39, 0.29) is 6.04 Å². The summed E-state index contributed by atoms with van der Waals surface area (Å²) < 4.78 is 2.08. The average Bonchev–Trinajstić information content (AvgIpc) is 2.78. The zero-order valence-electron chi connectivity index (χ0n) is 12.2. The first kappa shape index (κ1) is 13.2. The van der Waals surface area contributed by atoms with Crippen LogP contribution >= 0.6 is 0 Å². The Balaban J connectivity index is 1.90. The van der Waals surface area contributed by atoms with Gasteiger partial charge < -0.3 is 10.6 Å². The number of benzene rings is 1. The number of rotatable bonds is 3. The minimum Gasteiger partial charge on any atom is -0.364 e. The molecule has 1 aliphatic rings. The molecule has 0 saturated heterocycles. The number of aromatic nitrogens is 2. The van der Waals surface area contributed by atoms with Crippen molar-refractivity contribution in [2.24, 2.45) is 5.73 Å². The highest BCUT2D eigenvalue weighted by Gasteiger charge is 2.22. The SMILES string of the molecule is CCn1nc(C)cc1CN1CC(N)Cc2ccccc21. The van der Waals surface area contributed by atoms with Crippen molar-refractivity contribution in [3.8, 4) is 0 Å². The molecule has 1 aliphatic heterocycles. The normalized spacial score (nSPS) is 18.1. The summed E-state index contributed by atoms with van der Waals surface area (Å²) >= 11 is 0. The Bertz CT molecular complexity index is 602. The maximum atomic E-state index is 6.21. The highest BCUT2D eigenvalue weighted by atomic mass is 15.3. The van der Waals surface area contributed by atoms with Gasteiger partial charge in [0.25, 0.3) is 0 Å². The Hall–Kier alpha value is -1.81. The zero-order chi connectivity index (χ0) is 14.1. The fourth-order valence-corrected chi connectivity index (χ4v) is 3.07.